The van der Waals surface area contributed by atoms with Crippen LogP contribution in [0.2, 0.25) is 0 Å². The van der Waals surface area contributed by atoms with Crippen LogP contribution in [0.15, 0.2) is 47.6 Å². The van der Waals surface area contributed by atoms with Crippen molar-refractivity contribution >= 4 is 21.7 Å². The first-order valence-corrected chi connectivity index (χ1v) is 6.18. The average Bonchev–Trinajstić information content (AvgIpc) is 2.30. The number of benzene rings is 1. The van der Waals surface area contributed by atoms with Gasteiger partial charge >= 0.3 is 29.6 Å². The minimum absolute atomic E-state index is 0. The molecule has 0 saturated heterocycles. The molecular weight excluding hydrogens is 263 g/mol. The third-order valence-electron chi connectivity index (χ3n) is 1.96. The van der Waals surface area contributed by atoms with Crippen molar-refractivity contribution in [1.82, 2.24) is 9.97 Å². The molecule has 0 bridgehead atoms. The summed E-state index contributed by atoms with van der Waals surface area (Å²) in [5, 5.41) is 0. The second-order valence-electron chi connectivity index (χ2n) is 3.20. The van der Waals surface area contributed by atoms with Gasteiger partial charge in [-0.3, -0.25) is 0 Å². The van der Waals surface area contributed by atoms with Gasteiger partial charge < -0.3 is 5.73 Å². The second-order valence-corrected chi connectivity index (χ2v) is 4.88. The van der Waals surface area contributed by atoms with Crippen molar-refractivity contribution in [3.8, 4) is 0 Å². The zero-order valence-electron chi connectivity index (χ0n) is 9.66. The van der Waals surface area contributed by atoms with E-state index in [1.54, 1.807) is 6.07 Å². The number of hydrogen-bond acceptors (Lipinski definition) is 4. The van der Waals surface area contributed by atoms with Gasteiger partial charge in [0.1, 0.15) is 0 Å². The van der Waals surface area contributed by atoms with Crippen LogP contribution in [0.25, 0.3) is 5.73 Å². The molecule has 8 heteroatoms. The molecule has 1 heterocycles. The summed E-state index contributed by atoms with van der Waals surface area (Å²) in [6.07, 6.45) is 2.88. The molecule has 88 valence electrons. The summed E-state index contributed by atoms with van der Waals surface area (Å²) in [5.74, 6) is 0.0162. The van der Waals surface area contributed by atoms with Gasteiger partial charge in [-0.15, -0.1) is 5.69 Å². The molecule has 0 aliphatic heterocycles. The molecular formula is C10H9N4NaO2S. The summed E-state index contributed by atoms with van der Waals surface area (Å²) in [7, 11) is -3.69. The molecule has 6 nitrogen and oxygen atoms in total. The van der Waals surface area contributed by atoms with Crippen LogP contribution in [-0.4, -0.2) is 18.4 Å². The normalized spacial score (nSPS) is 10.4. The van der Waals surface area contributed by atoms with E-state index in [1.165, 1.54) is 36.7 Å². The maximum atomic E-state index is 11.9. The van der Waals surface area contributed by atoms with E-state index in [-0.39, 0.29) is 46.1 Å². The molecule has 2 rings (SSSR count). The van der Waals surface area contributed by atoms with E-state index >= 15 is 0 Å². The van der Waals surface area contributed by atoms with Crippen LogP contribution in [0.5, 0.6) is 0 Å². The van der Waals surface area contributed by atoms with Gasteiger partial charge in [0.05, 0.1) is 4.90 Å². The van der Waals surface area contributed by atoms with Gasteiger partial charge in [0.25, 0.3) is 10.0 Å². The Kier molecular flexibility index (Phi) is 5.09. The Bertz CT molecular complexity index is 602. The molecule has 0 atom stereocenters. The number of sulfonamides is 1. The number of hydrogen-bond donors (Lipinski definition) is 1. The van der Waals surface area contributed by atoms with Gasteiger partial charge in [-0.2, -0.15) is 0 Å². The van der Waals surface area contributed by atoms with Crippen LogP contribution in [0, 0.1) is 0 Å². The zero-order chi connectivity index (χ0) is 12.3. The van der Waals surface area contributed by atoms with E-state index in [9.17, 15) is 8.42 Å². The minimum atomic E-state index is -3.69. The van der Waals surface area contributed by atoms with Crippen molar-refractivity contribution < 1.29 is 38.0 Å². The Hall–Kier alpha value is -1.15. The third kappa shape index (κ3) is 3.67. The maximum Gasteiger partial charge on any atom is 1.00 e. The van der Waals surface area contributed by atoms with Crippen LogP contribution in [-0.2, 0) is 10.0 Å². The molecule has 0 fully saturated rings. The van der Waals surface area contributed by atoms with Gasteiger partial charge in [-0.05, 0) is 18.2 Å². The number of nitrogens with zero attached hydrogens (tertiary/aromatic N) is 2. The van der Waals surface area contributed by atoms with Crippen molar-refractivity contribution in [3.63, 3.8) is 0 Å². The van der Waals surface area contributed by atoms with Crippen LogP contribution < -0.4 is 34.3 Å². The fourth-order valence-electron chi connectivity index (χ4n) is 1.16. The van der Waals surface area contributed by atoms with Gasteiger partial charge in [0.2, 0.25) is 5.95 Å². The minimum Gasteiger partial charge on any atom is -0.699 e. The van der Waals surface area contributed by atoms with Crippen LogP contribution >= 0.6 is 0 Å². The van der Waals surface area contributed by atoms with Crippen LogP contribution in [0.3, 0.4) is 0 Å². The molecule has 0 spiro atoms. The molecule has 1 aromatic heterocycles. The number of nitrogens with one attached hydrogen (secondary N) is 2. The Morgan fingerprint density at radius 1 is 1.06 bits per heavy atom. The first kappa shape index (κ1) is 14.9. The standard InChI is InChI=1S/C10H9N4O2S.Na/c11-8-2-4-9(5-3-8)17(15,16)14-10-12-6-1-7-13-10;/h1-7,11H,(H,12,13,14);/q-1;+1. The van der Waals surface area contributed by atoms with Crippen molar-refractivity contribution in [2.75, 3.05) is 4.72 Å². The maximum absolute atomic E-state index is 11.9. The fourth-order valence-corrected chi connectivity index (χ4v) is 2.12. The van der Waals surface area contributed by atoms with E-state index in [1.807, 2.05) is 0 Å². The van der Waals surface area contributed by atoms with E-state index in [4.69, 9.17) is 5.73 Å². The van der Waals surface area contributed by atoms with E-state index < -0.39 is 10.0 Å². The summed E-state index contributed by atoms with van der Waals surface area (Å²) in [5.41, 5.74) is 7.53. The second kappa shape index (κ2) is 6.14. The van der Waals surface area contributed by atoms with Gasteiger partial charge in [-0.25, -0.2) is 23.1 Å². The van der Waals surface area contributed by atoms with Crippen molar-refractivity contribution in [1.29, 1.82) is 0 Å². The van der Waals surface area contributed by atoms with E-state index in [0.717, 1.165) is 0 Å². The van der Waals surface area contributed by atoms with Crippen LogP contribution in [0.4, 0.5) is 11.6 Å². The van der Waals surface area contributed by atoms with Crippen molar-refractivity contribution in [2.45, 2.75) is 4.90 Å². The monoisotopic (exact) mass is 272 g/mol. The molecule has 2 aromatic rings. The zero-order valence-corrected chi connectivity index (χ0v) is 12.5. The van der Waals surface area contributed by atoms with E-state index in [0.29, 0.717) is 0 Å². The quantitative estimate of drug-likeness (QED) is 0.722. The summed E-state index contributed by atoms with van der Waals surface area (Å²) in [4.78, 5) is 7.61. The molecule has 18 heavy (non-hydrogen) atoms. The summed E-state index contributed by atoms with van der Waals surface area (Å²) >= 11 is 0. The van der Waals surface area contributed by atoms with Gasteiger partial charge in [0.15, 0.2) is 0 Å². The molecule has 0 radical (unpaired) electrons. The predicted octanol–water partition coefficient (Wildman–Crippen LogP) is -1.03. The summed E-state index contributed by atoms with van der Waals surface area (Å²) in [6, 6.07) is 7.11. The Balaban J connectivity index is 0.00000162. The molecule has 0 aliphatic rings. The molecule has 2 N–H and O–H groups in total. The van der Waals surface area contributed by atoms with Crippen LogP contribution in [0.1, 0.15) is 0 Å². The smallest absolute Gasteiger partial charge is 0.699 e. The third-order valence-corrected chi connectivity index (χ3v) is 3.30. The largest absolute Gasteiger partial charge is 1.00 e. The fraction of sp³-hybridized carbons (Fsp3) is 0. The summed E-state index contributed by atoms with van der Waals surface area (Å²) < 4.78 is 26.0. The molecule has 1 aromatic carbocycles. The predicted molar refractivity (Wildman–Crippen MR) is 63.3 cm³/mol. The number of aromatic nitrogens is 2. The number of rotatable bonds is 3. The first-order valence-electron chi connectivity index (χ1n) is 4.69. The topological polar surface area (TPSA) is 95.8 Å². The van der Waals surface area contributed by atoms with Gasteiger partial charge in [-0.1, -0.05) is 12.1 Å². The Morgan fingerprint density at radius 2 is 1.61 bits per heavy atom. The average molecular weight is 272 g/mol. The Labute approximate surface area is 127 Å². The molecule has 0 saturated carbocycles. The number of anilines is 1. The first-order chi connectivity index (χ1) is 8.08. The Morgan fingerprint density at radius 3 is 2.17 bits per heavy atom. The van der Waals surface area contributed by atoms with Gasteiger partial charge in [0, 0.05) is 12.4 Å². The SMILES string of the molecule is [NH-]c1ccc(S(=O)(=O)Nc2ncccn2)cc1.[Na+]. The molecule has 0 amide bonds. The van der Waals surface area contributed by atoms with Crippen molar-refractivity contribution in [3.05, 3.63) is 48.5 Å². The van der Waals surface area contributed by atoms with E-state index in [2.05, 4.69) is 14.7 Å². The molecule has 0 unspecified atom stereocenters. The molecule has 0 aliphatic carbocycles. The van der Waals surface area contributed by atoms with Crippen molar-refractivity contribution in [2.24, 2.45) is 0 Å². The summed E-state index contributed by atoms with van der Waals surface area (Å²) in [6.45, 7) is 0.